The first-order valence-corrected chi connectivity index (χ1v) is 9.17. The molecule has 0 spiro atoms. The van der Waals surface area contributed by atoms with E-state index in [0.717, 1.165) is 11.1 Å². The average molecular weight is 350 g/mol. The Hall–Kier alpha value is -2.62. The Bertz CT molecular complexity index is 708. The highest BCUT2D eigenvalue weighted by Gasteiger charge is 2.45. The van der Waals surface area contributed by atoms with E-state index in [1.807, 2.05) is 88.4 Å². The van der Waals surface area contributed by atoms with Crippen LogP contribution in [0.4, 0.5) is 0 Å². The van der Waals surface area contributed by atoms with Gasteiger partial charge in [-0.05, 0) is 38.8 Å². The van der Waals surface area contributed by atoms with Crippen molar-refractivity contribution in [2.24, 2.45) is 0 Å². The number of carbonyl (C=O) groups excluding carboxylic acids is 2. The third-order valence-electron chi connectivity index (χ3n) is 5.46. The molecule has 4 nitrogen and oxygen atoms in total. The summed E-state index contributed by atoms with van der Waals surface area (Å²) in [6.45, 7) is 7.63. The minimum absolute atomic E-state index is 0.00349. The lowest BCUT2D eigenvalue weighted by Gasteiger charge is -2.47. The lowest BCUT2D eigenvalue weighted by Crippen LogP contribution is -2.63. The zero-order chi connectivity index (χ0) is 18.8. The predicted molar refractivity (Wildman–Crippen MR) is 102 cm³/mol. The molecule has 2 aromatic rings. The monoisotopic (exact) mass is 350 g/mol. The van der Waals surface area contributed by atoms with Crippen LogP contribution in [0.5, 0.6) is 0 Å². The molecule has 1 fully saturated rings. The van der Waals surface area contributed by atoms with Crippen molar-refractivity contribution in [1.82, 2.24) is 9.80 Å². The van der Waals surface area contributed by atoms with Gasteiger partial charge in [-0.25, -0.2) is 0 Å². The van der Waals surface area contributed by atoms with E-state index < -0.39 is 12.1 Å². The molecule has 0 aromatic heterocycles. The van der Waals surface area contributed by atoms with Gasteiger partial charge in [0.15, 0.2) is 0 Å². The number of amides is 2. The minimum atomic E-state index is -0.486. The number of piperazine rings is 1. The normalized spacial score (nSPS) is 23.1. The van der Waals surface area contributed by atoms with Crippen LogP contribution >= 0.6 is 0 Å². The number of carbonyl (C=O) groups is 2. The summed E-state index contributed by atoms with van der Waals surface area (Å²) in [6, 6.07) is 18.5. The molecule has 1 aliphatic heterocycles. The second kappa shape index (κ2) is 7.32. The summed E-state index contributed by atoms with van der Waals surface area (Å²) in [4.78, 5) is 29.8. The number of benzene rings is 2. The quantitative estimate of drug-likeness (QED) is 0.837. The smallest absolute Gasteiger partial charge is 0.246 e. The standard InChI is InChI=1S/C22H26N2O2/c1-15(19-11-7-5-8-12-19)23-17(3)22(26)24(18(4)21(23)25)16(2)20-13-9-6-10-14-20/h5-18H,1-4H3/t15-,16-,17-,18-/m0/s1. The molecule has 4 heteroatoms. The molecule has 3 rings (SSSR count). The summed E-state index contributed by atoms with van der Waals surface area (Å²) in [6.07, 6.45) is 0. The van der Waals surface area contributed by atoms with E-state index >= 15 is 0 Å². The van der Waals surface area contributed by atoms with E-state index in [1.165, 1.54) is 0 Å². The second-order valence-electron chi connectivity index (χ2n) is 7.02. The molecular formula is C22H26N2O2. The molecule has 1 heterocycles. The van der Waals surface area contributed by atoms with Crippen molar-refractivity contribution in [2.75, 3.05) is 0 Å². The average Bonchev–Trinajstić information content (AvgIpc) is 2.68. The van der Waals surface area contributed by atoms with Crippen molar-refractivity contribution in [3.63, 3.8) is 0 Å². The van der Waals surface area contributed by atoms with Gasteiger partial charge in [0, 0.05) is 0 Å². The van der Waals surface area contributed by atoms with Gasteiger partial charge in [0.1, 0.15) is 12.1 Å². The molecular weight excluding hydrogens is 324 g/mol. The molecule has 0 bridgehead atoms. The maximum atomic E-state index is 13.2. The Labute approximate surface area is 155 Å². The molecule has 0 N–H and O–H groups in total. The Morgan fingerprint density at radius 2 is 0.962 bits per heavy atom. The van der Waals surface area contributed by atoms with Crippen molar-refractivity contribution >= 4 is 11.8 Å². The van der Waals surface area contributed by atoms with Crippen LogP contribution in [0, 0.1) is 0 Å². The van der Waals surface area contributed by atoms with Gasteiger partial charge in [0.05, 0.1) is 12.1 Å². The largest absolute Gasteiger partial charge is 0.322 e. The van der Waals surface area contributed by atoms with Crippen molar-refractivity contribution in [2.45, 2.75) is 51.9 Å². The lowest BCUT2D eigenvalue weighted by atomic mass is 9.96. The van der Waals surface area contributed by atoms with Gasteiger partial charge in [-0.3, -0.25) is 9.59 Å². The van der Waals surface area contributed by atoms with Crippen molar-refractivity contribution in [3.8, 4) is 0 Å². The number of hydrogen-bond acceptors (Lipinski definition) is 2. The zero-order valence-electron chi connectivity index (χ0n) is 15.8. The fourth-order valence-corrected chi connectivity index (χ4v) is 3.89. The van der Waals surface area contributed by atoms with Gasteiger partial charge >= 0.3 is 0 Å². The van der Waals surface area contributed by atoms with Gasteiger partial charge < -0.3 is 9.80 Å². The summed E-state index contributed by atoms with van der Waals surface area (Å²) in [5, 5.41) is 0. The van der Waals surface area contributed by atoms with Crippen molar-refractivity contribution < 1.29 is 9.59 Å². The molecule has 4 atom stereocenters. The summed E-state index contributed by atoms with van der Waals surface area (Å²) >= 11 is 0. The Morgan fingerprint density at radius 1 is 0.654 bits per heavy atom. The molecule has 26 heavy (non-hydrogen) atoms. The van der Waals surface area contributed by atoms with Gasteiger partial charge in [-0.15, -0.1) is 0 Å². The summed E-state index contributed by atoms with van der Waals surface area (Å²) in [5.74, 6) is -0.00697. The first kappa shape index (κ1) is 18.2. The van der Waals surface area contributed by atoms with E-state index in [4.69, 9.17) is 0 Å². The molecule has 1 saturated heterocycles. The molecule has 2 aromatic carbocycles. The van der Waals surface area contributed by atoms with Crippen LogP contribution in [0.3, 0.4) is 0 Å². The van der Waals surface area contributed by atoms with Gasteiger partial charge in [-0.1, -0.05) is 60.7 Å². The van der Waals surface area contributed by atoms with Crippen LogP contribution in [-0.2, 0) is 9.59 Å². The Balaban J connectivity index is 1.89. The van der Waals surface area contributed by atoms with E-state index in [2.05, 4.69) is 0 Å². The molecule has 0 radical (unpaired) electrons. The fourth-order valence-electron chi connectivity index (χ4n) is 3.89. The molecule has 0 aliphatic carbocycles. The van der Waals surface area contributed by atoms with Crippen LogP contribution in [0.25, 0.3) is 0 Å². The highest BCUT2D eigenvalue weighted by atomic mass is 16.2. The third-order valence-corrected chi connectivity index (χ3v) is 5.46. The van der Waals surface area contributed by atoms with E-state index in [9.17, 15) is 9.59 Å². The predicted octanol–water partition coefficient (Wildman–Crippen LogP) is 3.96. The van der Waals surface area contributed by atoms with Crippen LogP contribution in [0.1, 0.15) is 50.9 Å². The maximum absolute atomic E-state index is 13.2. The second-order valence-corrected chi connectivity index (χ2v) is 7.02. The summed E-state index contributed by atoms with van der Waals surface area (Å²) in [5.41, 5.74) is 2.08. The molecule has 0 unspecified atom stereocenters. The van der Waals surface area contributed by atoms with Gasteiger partial charge in [0.25, 0.3) is 0 Å². The molecule has 1 aliphatic rings. The number of rotatable bonds is 4. The highest BCUT2D eigenvalue weighted by molar-refractivity contribution is 5.97. The maximum Gasteiger partial charge on any atom is 0.246 e. The van der Waals surface area contributed by atoms with Gasteiger partial charge in [0.2, 0.25) is 11.8 Å². The molecule has 2 amide bonds. The first-order chi connectivity index (χ1) is 12.4. The SMILES string of the molecule is C[C@H]1C(=O)N([C@@H](C)c2ccccc2)[C@@H](C)C(=O)N1[C@@H](C)c1ccccc1. The van der Waals surface area contributed by atoms with E-state index in [0.29, 0.717) is 0 Å². The zero-order valence-corrected chi connectivity index (χ0v) is 15.8. The minimum Gasteiger partial charge on any atom is -0.322 e. The van der Waals surface area contributed by atoms with Crippen LogP contribution < -0.4 is 0 Å². The number of nitrogens with zero attached hydrogens (tertiary/aromatic N) is 2. The molecule has 0 saturated carbocycles. The fraction of sp³-hybridized carbons (Fsp3) is 0.364. The van der Waals surface area contributed by atoms with Crippen LogP contribution in [-0.4, -0.2) is 33.7 Å². The van der Waals surface area contributed by atoms with Crippen molar-refractivity contribution in [1.29, 1.82) is 0 Å². The Kier molecular flexibility index (Phi) is 5.12. The summed E-state index contributed by atoms with van der Waals surface area (Å²) < 4.78 is 0. The lowest BCUT2D eigenvalue weighted by molar-refractivity contribution is -0.165. The topological polar surface area (TPSA) is 40.6 Å². The van der Waals surface area contributed by atoms with E-state index in [1.54, 1.807) is 9.80 Å². The van der Waals surface area contributed by atoms with Gasteiger partial charge in [-0.2, -0.15) is 0 Å². The van der Waals surface area contributed by atoms with Crippen molar-refractivity contribution in [3.05, 3.63) is 71.8 Å². The van der Waals surface area contributed by atoms with Crippen LogP contribution in [0.2, 0.25) is 0 Å². The van der Waals surface area contributed by atoms with Crippen LogP contribution in [0.15, 0.2) is 60.7 Å². The van der Waals surface area contributed by atoms with E-state index in [-0.39, 0.29) is 23.9 Å². The Morgan fingerprint density at radius 3 is 1.27 bits per heavy atom. The number of hydrogen-bond donors (Lipinski definition) is 0. The first-order valence-electron chi connectivity index (χ1n) is 9.17. The summed E-state index contributed by atoms with van der Waals surface area (Å²) in [7, 11) is 0. The third kappa shape index (κ3) is 3.12. The molecule has 136 valence electrons. The highest BCUT2D eigenvalue weighted by Crippen LogP contribution is 2.33.